The molecule has 0 saturated carbocycles. The highest BCUT2D eigenvalue weighted by atomic mass is 127. The van der Waals surface area contributed by atoms with Gasteiger partial charge in [-0.3, -0.25) is 9.69 Å². The van der Waals surface area contributed by atoms with Crippen LogP contribution in [0.1, 0.15) is 0 Å². The number of nitrogens with one attached hydrogen (secondary N) is 1. The third kappa shape index (κ3) is 5.26. The first-order valence-electron chi connectivity index (χ1n) is 8.72. The molecule has 0 spiro atoms. The van der Waals surface area contributed by atoms with Crippen LogP contribution in [0.15, 0.2) is 12.1 Å². The standard InChI is InChI=1S/C17H21F2IN4O3/c18-13-9-12(10-14(19)16(13)20)21-17(26)24-3-1-23(2-4-24)15(25)11-22-5-7-27-8-6-22/h9-10H,1-8,11H2,(H,21,26). The van der Waals surface area contributed by atoms with Crippen LogP contribution in [0.4, 0.5) is 19.3 Å². The van der Waals surface area contributed by atoms with E-state index in [4.69, 9.17) is 4.74 Å². The third-order valence-corrected chi connectivity index (χ3v) is 5.65. The van der Waals surface area contributed by atoms with E-state index in [1.165, 1.54) is 4.90 Å². The summed E-state index contributed by atoms with van der Waals surface area (Å²) < 4.78 is 32.4. The van der Waals surface area contributed by atoms with Crippen molar-refractivity contribution in [2.45, 2.75) is 0 Å². The van der Waals surface area contributed by atoms with Crippen LogP contribution in [-0.2, 0) is 9.53 Å². The number of carbonyl (C=O) groups excluding carboxylic acids is 2. The molecular weight excluding hydrogens is 473 g/mol. The van der Waals surface area contributed by atoms with Gasteiger partial charge in [-0.15, -0.1) is 0 Å². The third-order valence-electron chi connectivity index (χ3n) is 4.62. The van der Waals surface area contributed by atoms with Gasteiger partial charge >= 0.3 is 6.03 Å². The second kappa shape index (κ2) is 9.11. The number of nitrogens with zero attached hydrogens (tertiary/aromatic N) is 3. The predicted molar refractivity (Wildman–Crippen MR) is 104 cm³/mol. The topological polar surface area (TPSA) is 65.1 Å². The molecule has 2 heterocycles. The first-order valence-corrected chi connectivity index (χ1v) is 9.80. The maximum absolute atomic E-state index is 13.6. The fourth-order valence-corrected chi connectivity index (χ4v) is 3.35. The summed E-state index contributed by atoms with van der Waals surface area (Å²) in [6.07, 6.45) is 0. The molecule has 0 radical (unpaired) electrons. The predicted octanol–water partition coefficient (Wildman–Crippen LogP) is 1.58. The van der Waals surface area contributed by atoms with Gasteiger partial charge in [0.2, 0.25) is 5.91 Å². The molecule has 0 aromatic heterocycles. The van der Waals surface area contributed by atoms with Crippen LogP contribution in [0, 0.1) is 15.2 Å². The number of amides is 3. The van der Waals surface area contributed by atoms with Gasteiger partial charge in [0, 0.05) is 45.0 Å². The zero-order chi connectivity index (χ0) is 19.4. The highest BCUT2D eigenvalue weighted by Crippen LogP contribution is 2.21. The molecule has 7 nitrogen and oxygen atoms in total. The zero-order valence-corrected chi connectivity index (χ0v) is 16.9. The average Bonchev–Trinajstić information content (AvgIpc) is 2.67. The molecule has 3 rings (SSSR count). The summed E-state index contributed by atoms with van der Waals surface area (Å²) in [5, 5.41) is 2.51. The maximum Gasteiger partial charge on any atom is 0.321 e. The van der Waals surface area contributed by atoms with Crippen LogP contribution in [0.25, 0.3) is 0 Å². The monoisotopic (exact) mass is 494 g/mol. The Labute approximate surface area is 169 Å². The minimum absolute atomic E-state index is 0.0405. The summed E-state index contributed by atoms with van der Waals surface area (Å²) in [7, 11) is 0. The molecule has 0 bridgehead atoms. The van der Waals surface area contributed by atoms with E-state index in [1.807, 2.05) is 0 Å². The number of halogens is 3. The molecule has 1 aromatic rings. The number of ether oxygens (including phenoxy) is 1. The SMILES string of the molecule is O=C(CN1CCOCC1)N1CCN(C(=O)Nc2cc(F)c(I)c(F)c2)CC1. The first kappa shape index (κ1) is 20.2. The van der Waals surface area contributed by atoms with Gasteiger partial charge in [0.05, 0.1) is 23.3 Å². The minimum Gasteiger partial charge on any atom is -0.379 e. The van der Waals surface area contributed by atoms with Crippen molar-refractivity contribution < 1.29 is 23.1 Å². The summed E-state index contributed by atoms with van der Waals surface area (Å²) in [6.45, 7) is 4.75. The summed E-state index contributed by atoms with van der Waals surface area (Å²) in [5.41, 5.74) is 0.0706. The van der Waals surface area contributed by atoms with Crippen molar-refractivity contribution in [2.75, 3.05) is 64.3 Å². The lowest BCUT2D eigenvalue weighted by Gasteiger charge is -2.36. The average molecular weight is 494 g/mol. The molecule has 0 aliphatic carbocycles. The van der Waals surface area contributed by atoms with Gasteiger partial charge in [0.15, 0.2) is 0 Å². The van der Waals surface area contributed by atoms with Crippen molar-refractivity contribution in [3.05, 3.63) is 27.3 Å². The van der Waals surface area contributed by atoms with Crippen molar-refractivity contribution in [3.63, 3.8) is 0 Å². The largest absolute Gasteiger partial charge is 0.379 e. The number of carbonyl (C=O) groups is 2. The van der Waals surface area contributed by atoms with Crippen LogP contribution in [0.2, 0.25) is 0 Å². The molecule has 27 heavy (non-hydrogen) atoms. The lowest BCUT2D eigenvalue weighted by molar-refractivity contribution is -0.134. The molecule has 1 N–H and O–H groups in total. The minimum atomic E-state index is -0.718. The van der Waals surface area contributed by atoms with E-state index < -0.39 is 17.7 Å². The highest BCUT2D eigenvalue weighted by Gasteiger charge is 2.26. The van der Waals surface area contributed by atoms with E-state index in [0.717, 1.165) is 25.2 Å². The van der Waals surface area contributed by atoms with Gasteiger partial charge in [0.25, 0.3) is 0 Å². The van der Waals surface area contributed by atoms with Crippen molar-refractivity contribution in [1.82, 2.24) is 14.7 Å². The van der Waals surface area contributed by atoms with Gasteiger partial charge in [-0.05, 0) is 34.7 Å². The van der Waals surface area contributed by atoms with Crippen LogP contribution in [0.3, 0.4) is 0 Å². The fraction of sp³-hybridized carbons (Fsp3) is 0.529. The molecule has 3 amide bonds. The Kier molecular flexibility index (Phi) is 6.82. The molecule has 2 saturated heterocycles. The molecule has 148 valence electrons. The lowest BCUT2D eigenvalue weighted by atomic mass is 10.3. The summed E-state index contributed by atoms with van der Waals surface area (Å²) in [6, 6.07) is 1.74. The second-order valence-electron chi connectivity index (χ2n) is 6.44. The molecule has 2 aliphatic rings. The van der Waals surface area contributed by atoms with E-state index in [1.54, 1.807) is 27.5 Å². The summed E-state index contributed by atoms with van der Waals surface area (Å²) >= 11 is 1.57. The molecule has 10 heteroatoms. The Bertz CT molecular complexity index is 684. The molecule has 2 fully saturated rings. The van der Waals surface area contributed by atoms with Gasteiger partial charge < -0.3 is 19.9 Å². The van der Waals surface area contributed by atoms with E-state index in [9.17, 15) is 18.4 Å². The van der Waals surface area contributed by atoms with Gasteiger partial charge in [0.1, 0.15) is 11.6 Å². The first-order chi connectivity index (χ1) is 12.9. The summed E-state index contributed by atoms with van der Waals surface area (Å²) in [4.78, 5) is 30.0. The highest BCUT2D eigenvalue weighted by molar-refractivity contribution is 14.1. The smallest absolute Gasteiger partial charge is 0.321 e. The number of hydrogen-bond acceptors (Lipinski definition) is 4. The number of urea groups is 1. The summed E-state index contributed by atoms with van der Waals surface area (Å²) in [5.74, 6) is -1.40. The molecule has 0 unspecified atom stereocenters. The van der Waals surface area contributed by atoms with Crippen molar-refractivity contribution in [1.29, 1.82) is 0 Å². The number of rotatable bonds is 3. The normalized spacial score (nSPS) is 18.5. The van der Waals surface area contributed by atoms with Gasteiger partial charge in [-0.1, -0.05) is 0 Å². The molecule has 1 aromatic carbocycles. The Morgan fingerprint density at radius 2 is 1.56 bits per heavy atom. The van der Waals surface area contributed by atoms with Crippen LogP contribution < -0.4 is 5.32 Å². The maximum atomic E-state index is 13.6. The fourth-order valence-electron chi connectivity index (χ4n) is 3.04. The van der Waals surface area contributed by atoms with E-state index in [2.05, 4.69) is 10.2 Å². The second-order valence-corrected chi connectivity index (χ2v) is 7.52. The Hall–Kier alpha value is -1.53. The van der Waals surface area contributed by atoms with E-state index >= 15 is 0 Å². The molecular formula is C17H21F2IN4O3. The Morgan fingerprint density at radius 1 is 1.00 bits per heavy atom. The molecule has 2 aliphatic heterocycles. The zero-order valence-electron chi connectivity index (χ0n) is 14.7. The number of benzene rings is 1. The van der Waals surface area contributed by atoms with Crippen LogP contribution in [-0.4, -0.2) is 85.7 Å². The van der Waals surface area contributed by atoms with Gasteiger partial charge in [-0.25, -0.2) is 13.6 Å². The molecule has 0 atom stereocenters. The van der Waals surface area contributed by atoms with Crippen molar-refractivity contribution in [2.24, 2.45) is 0 Å². The van der Waals surface area contributed by atoms with Gasteiger partial charge in [-0.2, -0.15) is 0 Å². The Balaban J connectivity index is 1.48. The Morgan fingerprint density at radius 3 is 2.15 bits per heavy atom. The van der Waals surface area contributed by atoms with Crippen molar-refractivity contribution in [3.8, 4) is 0 Å². The number of piperazine rings is 1. The van der Waals surface area contributed by atoms with Crippen LogP contribution >= 0.6 is 22.6 Å². The van der Waals surface area contributed by atoms with Crippen molar-refractivity contribution >= 4 is 40.2 Å². The number of hydrogen-bond donors (Lipinski definition) is 1. The lowest BCUT2D eigenvalue weighted by Crippen LogP contribution is -2.54. The van der Waals surface area contributed by atoms with E-state index in [0.29, 0.717) is 45.9 Å². The van der Waals surface area contributed by atoms with E-state index in [-0.39, 0.29) is 15.2 Å². The number of anilines is 1. The number of morpholine rings is 1. The van der Waals surface area contributed by atoms with Crippen LogP contribution in [0.5, 0.6) is 0 Å². The quantitative estimate of drug-likeness (QED) is 0.512.